The molecular weight excluding hydrogens is 226 g/mol. The molecule has 84 valence electrons. The van der Waals surface area contributed by atoms with Gasteiger partial charge in [0, 0.05) is 11.9 Å². The highest BCUT2D eigenvalue weighted by molar-refractivity contribution is 6.32. The predicted octanol–water partition coefficient (Wildman–Crippen LogP) is 2.03. The normalized spacial score (nSPS) is 10.8. The van der Waals surface area contributed by atoms with E-state index in [2.05, 4.69) is 9.97 Å². The lowest BCUT2D eigenvalue weighted by molar-refractivity contribution is 0.281. The highest BCUT2D eigenvalue weighted by Gasteiger charge is 2.09. The van der Waals surface area contributed by atoms with Gasteiger partial charge < -0.3 is 5.11 Å². The summed E-state index contributed by atoms with van der Waals surface area (Å²) in [6.45, 7) is 3.83. The Morgan fingerprint density at radius 1 is 1.38 bits per heavy atom. The number of rotatable bonds is 2. The van der Waals surface area contributed by atoms with Crippen molar-refractivity contribution in [3.8, 4) is 5.82 Å². The predicted molar refractivity (Wildman–Crippen MR) is 61.8 cm³/mol. The number of aliphatic hydroxyl groups is 1. The van der Waals surface area contributed by atoms with E-state index in [-0.39, 0.29) is 6.61 Å². The topological polar surface area (TPSA) is 50.9 Å². The molecule has 0 saturated carbocycles. The average molecular weight is 238 g/mol. The SMILES string of the molecule is Cc1ncn(-c2ncc(CO)cc2Cl)c1C. The third kappa shape index (κ3) is 1.81. The van der Waals surface area contributed by atoms with Crippen LogP contribution in [0.1, 0.15) is 17.0 Å². The number of halogens is 1. The largest absolute Gasteiger partial charge is 0.392 e. The van der Waals surface area contributed by atoms with E-state index in [1.54, 1.807) is 18.6 Å². The van der Waals surface area contributed by atoms with Crippen LogP contribution in [0.5, 0.6) is 0 Å². The van der Waals surface area contributed by atoms with Crippen molar-refractivity contribution < 1.29 is 5.11 Å². The number of aromatic nitrogens is 3. The van der Waals surface area contributed by atoms with Crippen LogP contribution in [-0.4, -0.2) is 19.6 Å². The summed E-state index contributed by atoms with van der Waals surface area (Å²) in [5.41, 5.74) is 2.65. The van der Waals surface area contributed by atoms with Gasteiger partial charge in [-0.1, -0.05) is 11.6 Å². The molecule has 0 aliphatic heterocycles. The van der Waals surface area contributed by atoms with Gasteiger partial charge in [0.25, 0.3) is 0 Å². The molecule has 0 bridgehead atoms. The Balaban J connectivity index is 2.52. The minimum absolute atomic E-state index is 0.0606. The van der Waals surface area contributed by atoms with E-state index in [4.69, 9.17) is 16.7 Å². The molecule has 0 saturated heterocycles. The molecule has 5 heteroatoms. The first kappa shape index (κ1) is 11.1. The first-order chi connectivity index (χ1) is 7.63. The van der Waals surface area contributed by atoms with Crippen molar-refractivity contribution in [3.63, 3.8) is 0 Å². The van der Waals surface area contributed by atoms with E-state index >= 15 is 0 Å². The van der Waals surface area contributed by atoms with Crippen LogP contribution in [0.4, 0.5) is 0 Å². The fraction of sp³-hybridized carbons (Fsp3) is 0.273. The molecule has 0 aliphatic carbocycles. The van der Waals surface area contributed by atoms with Gasteiger partial charge in [0.05, 0.1) is 17.3 Å². The summed E-state index contributed by atoms with van der Waals surface area (Å²) >= 11 is 6.10. The third-order valence-electron chi connectivity index (χ3n) is 2.54. The minimum atomic E-state index is -0.0606. The third-order valence-corrected chi connectivity index (χ3v) is 2.82. The fourth-order valence-corrected chi connectivity index (χ4v) is 1.73. The van der Waals surface area contributed by atoms with Gasteiger partial charge in [0.1, 0.15) is 6.33 Å². The number of nitrogens with zero attached hydrogens (tertiary/aromatic N) is 3. The fourth-order valence-electron chi connectivity index (χ4n) is 1.45. The van der Waals surface area contributed by atoms with E-state index in [1.807, 2.05) is 18.4 Å². The van der Waals surface area contributed by atoms with Gasteiger partial charge in [-0.25, -0.2) is 9.97 Å². The Morgan fingerprint density at radius 2 is 2.12 bits per heavy atom. The maximum Gasteiger partial charge on any atom is 0.156 e. The number of aliphatic hydroxyl groups excluding tert-OH is 1. The van der Waals surface area contributed by atoms with Crippen molar-refractivity contribution in [2.45, 2.75) is 20.5 Å². The maximum atomic E-state index is 8.96. The van der Waals surface area contributed by atoms with Crippen molar-refractivity contribution >= 4 is 11.6 Å². The summed E-state index contributed by atoms with van der Waals surface area (Å²) in [7, 11) is 0. The highest BCUT2D eigenvalue weighted by Crippen LogP contribution is 2.21. The van der Waals surface area contributed by atoms with E-state index in [0.29, 0.717) is 16.4 Å². The first-order valence-electron chi connectivity index (χ1n) is 4.89. The second-order valence-corrected chi connectivity index (χ2v) is 4.00. The quantitative estimate of drug-likeness (QED) is 0.870. The molecule has 2 rings (SSSR count). The molecule has 16 heavy (non-hydrogen) atoms. The van der Waals surface area contributed by atoms with Crippen LogP contribution in [-0.2, 0) is 6.61 Å². The summed E-state index contributed by atoms with van der Waals surface area (Å²) in [6, 6.07) is 1.71. The highest BCUT2D eigenvalue weighted by atomic mass is 35.5. The minimum Gasteiger partial charge on any atom is -0.392 e. The van der Waals surface area contributed by atoms with E-state index in [0.717, 1.165) is 11.4 Å². The summed E-state index contributed by atoms with van der Waals surface area (Å²) in [6.07, 6.45) is 3.30. The van der Waals surface area contributed by atoms with Gasteiger partial charge in [0.2, 0.25) is 0 Å². The van der Waals surface area contributed by atoms with Crippen molar-refractivity contribution in [3.05, 3.63) is 40.6 Å². The number of pyridine rings is 1. The summed E-state index contributed by atoms with van der Waals surface area (Å²) in [4.78, 5) is 8.42. The van der Waals surface area contributed by atoms with Gasteiger partial charge >= 0.3 is 0 Å². The van der Waals surface area contributed by atoms with Crippen molar-refractivity contribution in [2.75, 3.05) is 0 Å². The number of imidazole rings is 1. The van der Waals surface area contributed by atoms with Gasteiger partial charge in [-0.15, -0.1) is 0 Å². The Bertz CT molecular complexity index is 522. The standard InChI is InChI=1S/C11H12ClN3O/c1-7-8(2)15(6-14-7)11-10(12)3-9(5-16)4-13-11/h3-4,6,16H,5H2,1-2H3. The lowest BCUT2D eigenvalue weighted by Gasteiger charge is -2.07. The molecule has 1 N–H and O–H groups in total. The van der Waals surface area contributed by atoms with Crippen LogP contribution in [0.15, 0.2) is 18.6 Å². The van der Waals surface area contributed by atoms with Gasteiger partial charge in [-0.3, -0.25) is 4.57 Å². The van der Waals surface area contributed by atoms with Crippen molar-refractivity contribution in [1.82, 2.24) is 14.5 Å². The first-order valence-corrected chi connectivity index (χ1v) is 5.27. The molecule has 2 heterocycles. The molecule has 4 nitrogen and oxygen atoms in total. The monoisotopic (exact) mass is 237 g/mol. The lowest BCUT2D eigenvalue weighted by atomic mass is 10.3. The molecule has 0 spiro atoms. The Kier molecular flexibility index (Phi) is 2.94. The zero-order chi connectivity index (χ0) is 11.7. The smallest absolute Gasteiger partial charge is 0.156 e. The molecule has 0 atom stereocenters. The van der Waals surface area contributed by atoms with Crippen LogP contribution < -0.4 is 0 Å². The number of hydrogen-bond donors (Lipinski definition) is 1. The van der Waals surface area contributed by atoms with Crippen molar-refractivity contribution in [2.24, 2.45) is 0 Å². The van der Waals surface area contributed by atoms with Crippen LogP contribution in [0.25, 0.3) is 5.82 Å². The molecule has 0 radical (unpaired) electrons. The van der Waals surface area contributed by atoms with Crippen LogP contribution >= 0.6 is 11.6 Å². The van der Waals surface area contributed by atoms with Crippen LogP contribution in [0, 0.1) is 13.8 Å². The number of hydrogen-bond acceptors (Lipinski definition) is 3. The second kappa shape index (κ2) is 4.23. The average Bonchev–Trinajstić information content (AvgIpc) is 2.60. The maximum absolute atomic E-state index is 8.96. The molecular formula is C11H12ClN3O. The Labute approximate surface area is 98.5 Å². The van der Waals surface area contributed by atoms with Crippen molar-refractivity contribution in [1.29, 1.82) is 0 Å². The molecule has 0 aromatic carbocycles. The van der Waals surface area contributed by atoms with Gasteiger partial charge in [-0.2, -0.15) is 0 Å². The van der Waals surface area contributed by atoms with Gasteiger partial charge in [-0.05, 0) is 25.5 Å². The van der Waals surface area contributed by atoms with E-state index in [1.165, 1.54) is 0 Å². The molecule has 2 aromatic rings. The lowest BCUT2D eigenvalue weighted by Crippen LogP contribution is -2.00. The molecule has 0 amide bonds. The molecule has 0 aliphatic rings. The number of aryl methyl sites for hydroxylation is 1. The summed E-state index contributed by atoms with van der Waals surface area (Å²) in [5.74, 6) is 0.636. The van der Waals surface area contributed by atoms with Crippen LogP contribution in [0.3, 0.4) is 0 Å². The van der Waals surface area contributed by atoms with Crippen LogP contribution in [0.2, 0.25) is 5.02 Å². The van der Waals surface area contributed by atoms with E-state index < -0.39 is 0 Å². The second-order valence-electron chi connectivity index (χ2n) is 3.59. The van der Waals surface area contributed by atoms with E-state index in [9.17, 15) is 0 Å². The zero-order valence-corrected chi connectivity index (χ0v) is 9.86. The molecule has 0 unspecified atom stereocenters. The Hall–Kier alpha value is -1.39. The summed E-state index contributed by atoms with van der Waals surface area (Å²) in [5, 5.41) is 9.47. The molecule has 0 fully saturated rings. The Morgan fingerprint density at radius 3 is 2.62 bits per heavy atom. The zero-order valence-electron chi connectivity index (χ0n) is 9.11. The molecule has 2 aromatic heterocycles. The van der Waals surface area contributed by atoms with Gasteiger partial charge in [0.15, 0.2) is 5.82 Å². The summed E-state index contributed by atoms with van der Waals surface area (Å²) < 4.78 is 1.83.